The van der Waals surface area contributed by atoms with Crippen molar-refractivity contribution in [1.29, 1.82) is 0 Å². The van der Waals surface area contributed by atoms with Gasteiger partial charge in [0.25, 0.3) is 0 Å². The normalized spacial score (nSPS) is 11.3. The Balaban J connectivity index is 1.60. The van der Waals surface area contributed by atoms with Crippen molar-refractivity contribution in [3.05, 3.63) is 71.4 Å². The van der Waals surface area contributed by atoms with Crippen molar-refractivity contribution < 1.29 is 9.90 Å². The van der Waals surface area contributed by atoms with Crippen LogP contribution in [0.2, 0.25) is 5.02 Å². The van der Waals surface area contributed by atoms with Crippen LogP contribution in [0.15, 0.2) is 60.8 Å². The Morgan fingerprint density at radius 1 is 1.06 bits per heavy atom. The van der Waals surface area contributed by atoms with Crippen LogP contribution >= 0.6 is 11.6 Å². The van der Waals surface area contributed by atoms with Crippen LogP contribution in [0.25, 0.3) is 33.3 Å². The second kappa shape index (κ2) is 7.14. The topological polar surface area (TPSA) is 87.0 Å². The number of carbonyl (C=O) groups is 1. The number of carboxylic acid groups (broad SMARTS) is 1. The van der Waals surface area contributed by atoms with Crippen LogP contribution in [-0.4, -0.2) is 37.9 Å². The molecule has 3 heterocycles. The van der Waals surface area contributed by atoms with E-state index in [9.17, 15) is 9.90 Å². The van der Waals surface area contributed by atoms with Crippen molar-refractivity contribution in [2.24, 2.45) is 7.05 Å². The second-order valence-corrected chi connectivity index (χ2v) is 7.75. The Morgan fingerprint density at radius 3 is 2.55 bits per heavy atom. The summed E-state index contributed by atoms with van der Waals surface area (Å²) in [6.07, 6.45) is 1.50. The molecule has 5 aromatic rings. The standard InChI is InChI=1S/C23H18ClN5O2/c1-28(14-5-3-13(24)4-6-14)15-7-8-16-18(11-15)27-29(2)22(16)20-12-19-21(26-20)17(23(30)31)9-10-25-19/h3-12,26H,1-2H3,(H,30,31). The first kappa shape index (κ1) is 19.1. The van der Waals surface area contributed by atoms with Crippen LogP contribution in [-0.2, 0) is 7.05 Å². The molecule has 3 aromatic heterocycles. The Morgan fingerprint density at radius 2 is 1.81 bits per heavy atom. The number of aromatic carboxylic acids is 1. The van der Waals surface area contributed by atoms with Crippen molar-refractivity contribution in [3.8, 4) is 11.4 Å². The molecule has 0 bridgehead atoms. The Hall–Kier alpha value is -3.84. The highest BCUT2D eigenvalue weighted by Gasteiger charge is 2.18. The van der Waals surface area contributed by atoms with Crippen molar-refractivity contribution in [2.75, 3.05) is 11.9 Å². The van der Waals surface area contributed by atoms with E-state index in [-0.39, 0.29) is 5.56 Å². The number of anilines is 2. The molecule has 0 unspecified atom stereocenters. The summed E-state index contributed by atoms with van der Waals surface area (Å²) in [5.41, 5.74) is 5.76. The number of hydrogen-bond donors (Lipinski definition) is 2. The number of pyridine rings is 1. The minimum atomic E-state index is -0.995. The fourth-order valence-electron chi connectivity index (χ4n) is 3.86. The van der Waals surface area contributed by atoms with E-state index in [4.69, 9.17) is 11.6 Å². The lowest BCUT2D eigenvalue weighted by atomic mass is 10.1. The quantitative estimate of drug-likeness (QED) is 0.406. The summed E-state index contributed by atoms with van der Waals surface area (Å²) in [5.74, 6) is -0.995. The summed E-state index contributed by atoms with van der Waals surface area (Å²) in [6.45, 7) is 0. The minimum Gasteiger partial charge on any atom is -0.478 e. The second-order valence-electron chi connectivity index (χ2n) is 7.32. The summed E-state index contributed by atoms with van der Waals surface area (Å²) in [5, 5.41) is 15.8. The summed E-state index contributed by atoms with van der Waals surface area (Å²) in [6, 6.07) is 17.1. The van der Waals surface area contributed by atoms with Gasteiger partial charge in [-0.3, -0.25) is 9.67 Å². The monoisotopic (exact) mass is 431 g/mol. The Labute approximate surface area is 182 Å². The van der Waals surface area contributed by atoms with Crippen LogP contribution in [0.4, 0.5) is 11.4 Å². The van der Waals surface area contributed by atoms with E-state index in [0.29, 0.717) is 16.1 Å². The zero-order valence-electron chi connectivity index (χ0n) is 16.8. The number of hydrogen-bond acceptors (Lipinski definition) is 4. The summed E-state index contributed by atoms with van der Waals surface area (Å²) >= 11 is 6.00. The summed E-state index contributed by atoms with van der Waals surface area (Å²) in [4.78, 5) is 21.1. The van der Waals surface area contributed by atoms with Crippen LogP contribution in [0.3, 0.4) is 0 Å². The smallest absolute Gasteiger partial charge is 0.337 e. The van der Waals surface area contributed by atoms with Gasteiger partial charge in [0.1, 0.15) is 0 Å². The molecule has 0 aliphatic rings. The first-order valence-electron chi connectivity index (χ1n) is 9.60. The highest BCUT2D eigenvalue weighted by atomic mass is 35.5. The predicted molar refractivity (Wildman–Crippen MR) is 122 cm³/mol. The molecule has 0 spiro atoms. The maximum Gasteiger partial charge on any atom is 0.337 e. The lowest BCUT2D eigenvalue weighted by Crippen LogP contribution is -2.08. The van der Waals surface area contributed by atoms with E-state index in [2.05, 4.69) is 20.0 Å². The molecule has 0 saturated carbocycles. The van der Waals surface area contributed by atoms with Gasteiger partial charge in [-0.2, -0.15) is 5.10 Å². The van der Waals surface area contributed by atoms with Gasteiger partial charge < -0.3 is 15.0 Å². The maximum atomic E-state index is 11.5. The number of carboxylic acids is 1. The highest BCUT2D eigenvalue weighted by Crippen LogP contribution is 2.34. The summed E-state index contributed by atoms with van der Waals surface area (Å²) < 4.78 is 1.79. The van der Waals surface area contributed by atoms with Crippen molar-refractivity contribution in [2.45, 2.75) is 0 Å². The average molecular weight is 432 g/mol. The fraction of sp³-hybridized carbons (Fsp3) is 0.0870. The van der Waals surface area contributed by atoms with Gasteiger partial charge in [0.15, 0.2) is 0 Å². The van der Waals surface area contributed by atoms with E-state index in [0.717, 1.165) is 33.7 Å². The number of nitrogens with zero attached hydrogens (tertiary/aromatic N) is 4. The van der Waals surface area contributed by atoms with Gasteiger partial charge in [-0.15, -0.1) is 0 Å². The third-order valence-electron chi connectivity index (χ3n) is 5.43. The molecular weight excluding hydrogens is 414 g/mol. The van der Waals surface area contributed by atoms with Crippen LogP contribution in [0, 0.1) is 0 Å². The van der Waals surface area contributed by atoms with E-state index in [1.807, 2.05) is 62.6 Å². The molecular formula is C23H18ClN5O2. The lowest BCUT2D eigenvalue weighted by Gasteiger charge is -2.19. The molecule has 154 valence electrons. The van der Waals surface area contributed by atoms with E-state index < -0.39 is 5.97 Å². The van der Waals surface area contributed by atoms with Gasteiger partial charge >= 0.3 is 5.97 Å². The van der Waals surface area contributed by atoms with Gasteiger partial charge in [-0.1, -0.05) is 11.6 Å². The fourth-order valence-corrected chi connectivity index (χ4v) is 3.99. The Bertz CT molecular complexity index is 1450. The molecule has 31 heavy (non-hydrogen) atoms. The summed E-state index contributed by atoms with van der Waals surface area (Å²) in [7, 11) is 3.86. The predicted octanol–water partition coefficient (Wildman–Crippen LogP) is 5.24. The number of aryl methyl sites for hydroxylation is 1. The molecule has 0 saturated heterocycles. The number of aromatic amines is 1. The zero-order valence-corrected chi connectivity index (χ0v) is 17.6. The lowest BCUT2D eigenvalue weighted by molar-refractivity contribution is 0.0698. The van der Waals surface area contributed by atoms with Gasteiger partial charge in [0.05, 0.1) is 33.5 Å². The molecule has 0 fully saturated rings. The molecule has 8 heteroatoms. The van der Waals surface area contributed by atoms with E-state index in [1.54, 1.807) is 4.68 Å². The molecule has 2 aromatic carbocycles. The minimum absolute atomic E-state index is 0.189. The number of fused-ring (bicyclic) bond motifs is 2. The third kappa shape index (κ3) is 3.19. The van der Waals surface area contributed by atoms with E-state index >= 15 is 0 Å². The Kier molecular flexibility index (Phi) is 4.41. The van der Waals surface area contributed by atoms with Gasteiger partial charge in [0.2, 0.25) is 0 Å². The van der Waals surface area contributed by atoms with Gasteiger partial charge in [-0.25, -0.2) is 4.79 Å². The molecule has 0 radical (unpaired) electrons. The van der Waals surface area contributed by atoms with Crippen molar-refractivity contribution in [3.63, 3.8) is 0 Å². The van der Waals surface area contributed by atoms with Crippen LogP contribution in [0.1, 0.15) is 10.4 Å². The molecule has 5 rings (SSSR count). The largest absolute Gasteiger partial charge is 0.478 e. The van der Waals surface area contributed by atoms with Crippen molar-refractivity contribution in [1.82, 2.24) is 19.7 Å². The number of benzene rings is 2. The molecule has 0 amide bonds. The van der Waals surface area contributed by atoms with Gasteiger partial charge in [-0.05, 0) is 54.6 Å². The molecule has 0 aliphatic heterocycles. The highest BCUT2D eigenvalue weighted by molar-refractivity contribution is 6.30. The zero-order chi connectivity index (χ0) is 21.7. The van der Waals surface area contributed by atoms with E-state index in [1.165, 1.54) is 12.3 Å². The number of nitrogens with one attached hydrogen (secondary N) is 1. The molecule has 7 nitrogen and oxygen atoms in total. The van der Waals surface area contributed by atoms with Crippen LogP contribution < -0.4 is 4.90 Å². The first-order valence-corrected chi connectivity index (χ1v) is 9.97. The maximum absolute atomic E-state index is 11.5. The average Bonchev–Trinajstić information content (AvgIpc) is 3.32. The number of rotatable bonds is 4. The first-order chi connectivity index (χ1) is 14.9. The van der Waals surface area contributed by atoms with Gasteiger partial charge in [0, 0.05) is 42.1 Å². The van der Waals surface area contributed by atoms with Crippen LogP contribution in [0.5, 0.6) is 0 Å². The number of aromatic nitrogens is 4. The SMILES string of the molecule is CN(c1ccc(Cl)cc1)c1ccc2c(-c3cc4nccc(C(=O)O)c4[nH]3)n(C)nc2c1. The third-order valence-corrected chi connectivity index (χ3v) is 5.68. The number of H-pyrrole nitrogens is 1. The molecule has 0 aliphatic carbocycles. The molecule has 0 atom stereocenters. The number of halogens is 1. The molecule has 2 N–H and O–H groups in total. The van der Waals surface area contributed by atoms with Crippen molar-refractivity contribution >= 4 is 50.9 Å².